The van der Waals surface area contributed by atoms with Crippen molar-refractivity contribution in [1.29, 1.82) is 0 Å². The maximum atomic E-state index is 5.48. The number of methoxy groups -OCH3 is 1. The fourth-order valence-electron chi connectivity index (χ4n) is 3.16. The lowest BCUT2D eigenvalue weighted by Crippen LogP contribution is -2.01. The molecule has 0 spiro atoms. The molecule has 0 N–H and O–H groups in total. The zero-order valence-electron chi connectivity index (χ0n) is 15.2. The van der Waals surface area contributed by atoms with Crippen molar-refractivity contribution in [2.45, 2.75) is 6.42 Å². The molecular formula is C24H20N2O. The van der Waals surface area contributed by atoms with Gasteiger partial charge in [-0.2, -0.15) is 0 Å². The molecule has 0 bridgehead atoms. The molecule has 0 amide bonds. The van der Waals surface area contributed by atoms with Gasteiger partial charge in [0.1, 0.15) is 5.75 Å². The molecule has 3 aromatic carbocycles. The van der Waals surface area contributed by atoms with E-state index in [9.17, 15) is 0 Å². The average Bonchev–Trinajstić information content (AvgIpc) is 2.75. The molecule has 4 aromatic rings. The van der Waals surface area contributed by atoms with Gasteiger partial charge >= 0.3 is 0 Å². The van der Waals surface area contributed by atoms with Crippen LogP contribution in [0.5, 0.6) is 5.75 Å². The lowest BCUT2D eigenvalue weighted by atomic mass is 10.0. The van der Waals surface area contributed by atoms with Gasteiger partial charge in [0, 0.05) is 29.3 Å². The van der Waals surface area contributed by atoms with Crippen LogP contribution in [0, 0.1) is 0 Å². The molecule has 0 aliphatic rings. The summed E-state index contributed by atoms with van der Waals surface area (Å²) < 4.78 is 5.48. The molecule has 4 rings (SSSR count). The van der Waals surface area contributed by atoms with E-state index in [-0.39, 0.29) is 0 Å². The van der Waals surface area contributed by atoms with Crippen molar-refractivity contribution in [3.05, 3.63) is 102 Å². The minimum absolute atomic E-state index is 0.673. The Balaban J connectivity index is 1.80. The Bertz CT molecular complexity index is 1030. The Morgan fingerprint density at radius 3 is 1.96 bits per heavy atom. The Hall–Kier alpha value is -3.46. The van der Waals surface area contributed by atoms with Crippen LogP contribution in [0.4, 0.5) is 0 Å². The van der Waals surface area contributed by atoms with Crippen molar-refractivity contribution in [3.8, 4) is 28.3 Å². The van der Waals surface area contributed by atoms with Crippen molar-refractivity contribution < 1.29 is 4.74 Å². The van der Waals surface area contributed by atoms with Crippen molar-refractivity contribution in [2.24, 2.45) is 0 Å². The normalized spacial score (nSPS) is 10.6. The van der Waals surface area contributed by atoms with Gasteiger partial charge in [0.15, 0.2) is 0 Å². The fraction of sp³-hybridized carbons (Fsp3) is 0.0833. The smallest absolute Gasteiger partial charge is 0.122 e. The first-order chi connectivity index (χ1) is 13.3. The van der Waals surface area contributed by atoms with Crippen LogP contribution in [-0.4, -0.2) is 17.1 Å². The molecule has 0 unspecified atom stereocenters. The molecule has 3 heteroatoms. The van der Waals surface area contributed by atoms with Crippen LogP contribution in [0.25, 0.3) is 22.5 Å². The minimum atomic E-state index is 0.673. The summed E-state index contributed by atoms with van der Waals surface area (Å²) >= 11 is 0. The van der Waals surface area contributed by atoms with Crippen LogP contribution < -0.4 is 4.74 Å². The molecule has 0 aliphatic heterocycles. The molecular weight excluding hydrogens is 332 g/mol. The summed E-state index contributed by atoms with van der Waals surface area (Å²) in [6, 6.07) is 28.4. The van der Waals surface area contributed by atoms with E-state index in [1.54, 1.807) is 7.11 Å². The van der Waals surface area contributed by atoms with E-state index in [0.29, 0.717) is 6.42 Å². The summed E-state index contributed by atoms with van der Waals surface area (Å²) in [4.78, 5) is 9.75. The molecule has 0 atom stereocenters. The fourth-order valence-corrected chi connectivity index (χ4v) is 3.16. The van der Waals surface area contributed by atoms with Gasteiger partial charge in [-0.05, 0) is 6.07 Å². The van der Waals surface area contributed by atoms with E-state index in [2.05, 4.69) is 30.3 Å². The third kappa shape index (κ3) is 3.72. The summed E-state index contributed by atoms with van der Waals surface area (Å²) in [5, 5.41) is 0. The van der Waals surface area contributed by atoms with Crippen LogP contribution in [0.2, 0.25) is 0 Å². The molecule has 1 aromatic heterocycles. The quantitative estimate of drug-likeness (QED) is 0.482. The monoisotopic (exact) mass is 352 g/mol. The van der Waals surface area contributed by atoms with Gasteiger partial charge in [-0.1, -0.05) is 78.9 Å². The Labute approximate surface area is 159 Å². The first-order valence-corrected chi connectivity index (χ1v) is 8.94. The van der Waals surface area contributed by atoms with Crippen LogP contribution in [-0.2, 0) is 6.42 Å². The molecule has 1 heterocycles. The topological polar surface area (TPSA) is 35.0 Å². The van der Waals surface area contributed by atoms with E-state index < -0.39 is 0 Å². The maximum Gasteiger partial charge on any atom is 0.122 e. The predicted molar refractivity (Wildman–Crippen MR) is 109 cm³/mol. The molecule has 0 saturated carbocycles. The highest BCUT2D eigenvalue weighted by Gasteiger charge is 2.13. The lowest BCUT2D eigenvalue weighted by Gasteiger charge is -2.12. The molecule has 27 heavy (non-hydrogen) atoms. The second-order valence-electron chi connectivity index (χ2n) is 6.28. The first kappa shape index (κ1) is 17.0. The van der Waals surface area contributed by atoms with E-state index in [1.165, 1.54) is 0 Å². The Morgan fingerprint density at radius 1 is 0.704 bits per heavy atom. The number of nitrogens with zero attached hydrogens (tertiary/aromatic N) is 2. The molecule has 0 radical (unpaired) electrons. The highest BCUT2D eigenvalue weighted by atomic mass is 16.5. The standard InChI is InChI=1S/C24H20N2O/c1-27-22-15-9-8-14-20(22)16-21-17-25-23(18-10-4-2-5-11-18)24(26-21)19-12-6-3-7-13-19/h2-15,17H,16H2,1H3. The van der Waals surface area contributed by atoms with E-state index in [1.807, 2.05) is 60.8 Å². The number of benzene rings is 3. The van der Waals surface area contributed by atoms with Crippen LogP contribution in [0.3, 0.4) is 0 Å². The number of hydrogen-bond donors (Lipinski definition) is 0. The molecule has 3 nitrogen and oxygen atoms in total. The van der Waals surface area contributed by atoms with Crippen LogP contribution >= 0.6 is 0 Å². The summed E-state index contributed by atoms with van der Waals surface area (Å²) in [6.45, 7) is 0. The highest BCUT2D eigenvalue weighted by molar-refractivity contribution is 5.77. The van der Waals surface area contributed by atoms with Crippen molar-refractivity contribution in [1.82, 2.24) is 9.97 Å². The number of hydrogen-bond acceptors (Lipinski definition) is 3. The zero-order valence-corrected chi connectivity index (χ0v) is 15.2. The van der Waals surface area contributed by atoms with E-state index >= 15 is 0 Å². The second kappa shape index (κ2) is 7.83. The second-order valence-corrected chi connectivity index (χ2v) is 6.28. The summed E-state index contributed by atoms with van der Waals surface area (Å²) in [6.07, 6.45) is 2.53. The number of rotatable bonds is 5. The lowest BCUT2D eigenvalue weighted by molar-refractivity contribution is 0.410. The van der Waals surface area contributed by atoms with Gasteiger partial charge in [0.05, 0.1) is 24.2 Å². The van der Waals surface area contributed by atoms with Gasteiger partial charge in [-0.3, -0.25) is 4.98 Å². The van der Waals surface area contributed by atoms with Crippen LogP contribution in [0.15, 0.2) is 91.1 Å². The van der Waals surface area contributed by atoms with Gasteiger partial charge in [-0.25, -0.2) is 4.98 Å². The van der Waals surface area contributed by atoms with E-state index in [0.717, 1.165) is 39.5 Å². The van der Waals surface area contributed by atoms with E-state index in [4.69, 9.17) is 14.7 Å². The third-order valence-corrected chi connectivity index (χ3v) is 4.48. The molecule has 132 valence electrons. The molecule has 0 fully saturated rings. The van der Waals surface area contributed by atoms with Crippen LogP contribution in [0.1, 0.15) is 11.3 Å². The number of aromatic nitrogens is 2. The molecule has 0 saturated heterocycles. The van der Waals surface area contributed by atoms with Gasteiger partial charge < -0.3 is 4.74 Å². The molecule has 0 aliphatic carbocycles. The average molecular weight is 352 g/mol. The van der Waals surface area contributed by atoms with Gasteiger partial charge in [0.25, 0.3) is 0 Å². The number of para-hydroxylation sites is 1. The SMILES string of the molecule is COc1ccccc1Cc1cnc(-c2ccccc2)c(-c2ccccc2)n1. The Morgan fingerprint density at radius 2 is 1.30 bits per heavy atom. The third-order valence-electron chi connectivity index (χ3n) is 4.48. The van der Waals surface area contributed by atoms with Crippen molar-refractivity contribution >= 4 is 0 Å². The van der Waals surface area contributed by atoms with Crippen molar-refractivity contribution in [3.63, 3.8) is 0 Å². The first-order valence-electron chi connectivity index (χ1n) is 8.94. The maximum absolute atomic E-state index is 5.48. The number of ether oxygens (including phenoxy) is 1. The van der Waals surface area contributed by atoms with Crippen molar-refractivity contribution in [2.75, 3.05) is 7.11 Å². The highest BCUT2D eigenvalue weighted by Crippen LogP contribution is 2.29. The summed E-state index contributed by atoms with van der Waals surface area (Å²) in [5.74, 6) is 0.868. The summed E-state index contributed by atoms with van der Waals surface area (Å²) in [5.41, 5.74) is 5.93. The minimum Gasteiger partial charge on any atom is -0.496 e. The summed E-state index contributed by atoms with van der Waals surface area (Å²) in [7, 11) is 1.69. The Kier molecular flexibility index (Phi) is 4.93. The van der Waals surface area contributed by atoms with Gasteiger partial charge in [0.2, 0.25) is 0 Å². The zero-order chi connectivity index (χ0) is 18.5. The van der Waals surface area contributed by atoms with Gasteiger partial charge in [-0.15, -0.1) is 0 Å². The predicted octanol–water partition coefficient (Wildman–Crippen LogP) is 5.41. The largest absolute Gasteiger partial charge is 0.496 e.